The molecule has 0 saturated carbocycles. The van der Waals surface area contributed by atoms with Gasteiger partial charge in [-0.1, -0.05) is 50.4 Å². The van der Waals surface area contributed by atoms with Crippen LogP contribution < -0.4 is 10.1 Å². The van der Waals surface area contributed by atoms with Crippen LogP contribution in [0.1, 0.15) is 45.7 Å². The van der Waals surface area contributed by atoms with Gasteiger partial charge in [0.05, 0.1) is 11.6 Å². The predicted octanol–water partition coefficient (Wildman–Crippen LogP) is 5.09. The number of nitrogens with one attached hydrogen (secondary N) is 1. The van der Waals surface area contributed by atoms with Crippen LogP contribution in [0.2, 0.25) is 10.0 Å². The molecule has 0 amide bonds. The highest BCUT2D eigenvalue weighted by Crippen LogP contribution is 2.37. The summed E-state index contributed by atoms with van der Waals surface area (Å²) in [7, 11) is 0. The van der Waals surface area contributed by atoms with E-state index in [0.717, 1.165) is 18.5 Å². The van der Waals surface area contributed by atoms with Crippen LogP contribution in [0.25, 0.3) is 0 Å². The molecule has 4 heteroatoms. The second-order valence-electron chi connectivity index (χ2n) is 4.66. The molecule has 0 spiro atoms. The van der Waals surface area contributed by atoms with Gasteiger partial charge in [0.1, 0.15) is 5.75 Å². The molecule has 0 aliphatic carbocycles. The molecule has 1 rings (SSSR count). The standard InChI is InChI=1S/C15H23Cl2NO/c1-5-10(4)15(18-6-2)11-8-13(17)14(19-7-3)9-12(11)16/h8-10,15,18H,5-7H2,1-4H3. The van der Waals surface area contributed by atoms with Crippen molar-refractivity contribution in [2.75, 3.05) is 13.2 Å². The number of halogens is 2. The van der Waals surface area contributed by atoms with E-state index >= 15 is 0 Å². The third-order valence-electron chi connectivity index (χ3n) is 3.32. The number of hydrogen-bond acceptors (Lipinski definition) is 2. The van der Waals surface area contributed by atoms with Crippen molar-refractivity contribution in [1.29, 1.82) is 0 Å². The summed E-state index contributed by atoms with van der Waals surface area (Å²) in [6.45, 7) is 9.90. The minimum atomic E-state index is 0.218. The Bertz CT molecular complexity index is 409. The topological polar surface area (TPSA) is 21.3 Å². The summed E-state index contributed by atoms with van der Waals surface area (Å²) in [6, 6.07) is 3.96. The van der Waals surface area contributed by atoms with Crippen molar-refractivity contribution in [3.63, 3.8) is 0 Å². The Labute approximate surface area is 126 Å². The number of benzene rings is 1. The molecule has 0 aliphatic heterocycles. The molecule has 0 saturated heterocycles. The largest absolute Gasteiger partial charge is 0.492 e. The summed E-state index contributed by atoms with van der Waals surface area (Å²) < 4.78 is 5.46. The Morgan fingerprint density at radius 2 is 1.84 bits per heavy atom. The van der Waals surface area contributed by atoms with Gasteiger partial charge >= 0.3 is 0 Å². The van der Waals surface area contributed by atoms with Gasteiger partial charge in [0, 0.05) is 17.1 Å². The molecule has 1 aromatic carbocycles. The maximum atomic E-state index is 6.39. The Morgan fingerprint density at radius 3 is 2.37 bits per heavy atom. The molecule has 2 nitrogen and oxygen atoms in total. The van der Waals surface area contributed by atoms with E-state index in [1.807, 2.05) is 19.1 Å². The van der Waals surface area contributed by atoms with Gasteiger partial charge in [-0.15, -0.1) is 0 Å². The molecule has 0 aromatic heterocycles. The van der Waals surface area contributed by atoms with Crippen LogP contribution in [0.5, 0.6) is 5.75 Å². The van der Waals surface area contributed by atoms with E-state index in [4.69, 9.17) is 27.9 Å². The summed E-state index contributed by atoms with van der Waals surface area (Å²) in [5, 5.41) is 4.81. The lowest BCUT2D eigenvalue weighted by Crippen LogP contribution is -2.26. The van der Waals surface area contributed by atoms with Crippen molar-refractivity contribution >= 4 is 23.2 Å². The second-order valence-corrected chi connectivity index (χ2v) is 5.47. The van der Waals surface area contributed by atoms with Crippen molar-refractivity contribution in [3.8, 4) is 5.75 Å². The van der Waals surface area contributed by atoms with Crippen LogP contribution in [0, 0.1) is 5.92 Å². The number of hydrogen-bond donors (Lipinski definition) is 1. The SMILES string of the molecule is CCNC(c1cc(Cl)c(OCC)cc1Cl)C(C)CC. The van der Waals surface area contributed by atoms with Gasteiger partial charge in [0.25, 0.3) is 0 Å². The molecule has 19 heavy (non-hydrogen) atoms. The van der Waals surface area contributed by atoms with Crippen LogP contribution in [0.15, 0.2) is 12.1 Å². The Balaban J connectivity index is 3.13. The maximum absolute atomic E-state index is 6.39. The lowest BCUT2D eigenvalue weighted by atomic mass is 9.92. The van der Waals surface area contributed by atoms with Crippen molar-refractivity contribution in [1.82, 2.24) is 5.32 Å². The van der Waals surface area contributed by atoms with Gasteiger partial charge in [-0.05, 0) is 31.0 Å². The first-order valence-corrected chi connectivity index (χ1v) is 7.65. The van der Waals surface area contributed by atoms with Crippen molar-refractivity contribution < 1.29 is 4.74 Å². The first-order chi connectivity index (χ1) is 9.04. The fraction of sp³-hybridized carbons (Fsp3) is 0.600. The van der Waals surface area contributed by atoms with Crippen LogP contribution >= 0.6 is 23.2 Å². The van der Waals surface area contributed by atoms with Gasteiger partial charge in [-0.2, -0.15) is 0 Å². The smallest absolute Gasteiger partial charge is 0.139 e. The Kier molecular flexibility index (Phi) is 6.98. The predicted molar refractivity (Wildman–Crippen MR) is 83.5 cm³/mol. The zero-order valence-electron chi connectivity index (χ0n) is 12.1. The van der Waals surface area contributed by atoms with Crippen LogP contribution in [-0.4, -0.2) is 13.2 Å². The van der Waals surface area contributed by atoms with Gasteiger partial charge < -0.3 is 10.1 Å². The summed E-state index contributed by atoms with van der Waals surface area (Å²) in [6.07, 6.45) is 1.08. The minimum Gasteiger partial charge on any atom is -0.492 e. The molecular weight excluding hydrogens is 281 g/mol. The zero-order chi connectivity index (χ0) is 14.4. The molecule has 1 N–H and O–H groups in total. The minimum absolute atomic E-state index is 0.218. The van der Waals surface area contributed by atoms with E-state index in [1.54, 1.807) is 0 Å². The Hall–Kier alpha value is -0.440. The van der Waals surface area contributed by atoms with E-state index in [2.05, 4.69) is 26.1 Å². The van der Waals surface area contributed by atoms with E-state index < -0.39 is 0 Å². The van der Waals surface area contributed by atoms with Gasteiger partial charge in [0.15, 0.2) is 0 Å². The zero-order valence-corrected chi connectivity index (χ0v) is 13.6. The van der Waals surface area contributed by atoms with Crippen LogP contribution in [0.3, 0.4) is 0 Å². The quantitative estimate of drug-likeness (QED) is 0.757. The summed E-state index contributed by atoms with van der Waals surface area (Å²) in [5.41, 5.74) is 1.05. The van der Waals surface area contributed by atoms with Crippen molar-refractivity contribution in [3.05, 3.63) is 27.7 Å². The molecule has 0 heterocycles. The lowest BCUT2D eigenvalue weighted by molar-refractivity contribution is 0.339. The van der Waals surface area contributed by atoms with E-state index in [9.17, 15) is 0 Å². The molecule has 0 bridgehead atoms. The highest BCUT2D eigenvalue weighted by atomic mass is 35.5. The molecule has 2 atom stereocenters. The highest BCUT2D eigenvalue weighted by molar-refractivity contribution is 6.34. The van der Waals surface area contributed by atoms with E-state index in [0.29, 0.717) is 28.3 Å². The maximum Gasteiger partial charge on any atom is 0.139 e. The van der Waals surface area contributed by atoms with Crippen molar-refractivity contribution in [2.45, 2.75) is 40.2 Å². The third kappa shape index (κ3) is 4.27. The van der Waals surface area contributed by atoms with E-state index in [1.165, 1.54) is 0 Å². The lowest BCUT2D eigenvalue weighted by Gasteiger charge is -2.26. The first-order valence-electron chi connectivity index (χ1n) is 6.90. The van der Waals surface area contributed by atoms with Crippen LogP contribution in [-0.2, 0) is 0 Å². The molecule has 0 radical (unpaired) electrons. The normalized spacial score (nSPS) is 14.2. The number of ether oxygens (including phenoxy) is 1. The average molecular weight is 304 g/mol. The van der Waals surface area contributed by atoms with Gasteiger partial charge in [-0.3, -0.25) is 0 Å². The molecular formula is C15H23Cl2NO. The molecule has 0 fully saturated rings. The van der Waals surface area contributed by atoms with E-state index in [-0.39, 0.29) is 6.04 Å². The van der Waals surface area contributed by atoms with Gasteiger partial charge in [0.2, 0.25) is 0 Å². The number of rotatable bonds is 7. The molecule has 108 valence electrons. The monoisotopic (exact) mass is 303 g/mol. The van der Waals surface area contributed by atoms with Crippen molar-refractivity contribution in [2.24, 2.45) is 5.92 Å². The molecule has 0 aliphatic rings. The summed E-state index contributed by atoms with van der Waals surface area (Å²) >= 11 is 12.7. The summed E-state index contributed by atoms with van der Waals surface area (Å²) in [5.74, 6) is 1.14. The van der Waals surface area contributed by atoms with Gasteiger partial charge in [-0.25, -0.2) is 0 Å². The molecule has 1 aromatic rings. The second kappa shape index (κ2) is 7.98. The summed E-state index contributed by atoms with van der Waals surface area (Å²) in [4.78, 5) is 0. The Morgan fingerprint density at radius 1 is 1.16 bits per heavy atom. The fourth-order valence-electron chi connectivity index (χ4n) is 2.12. The highest BCUT2D eigenvalue weighted by Gasteiger charge is 2.21. The first kappa shape index (κ1) is 16.6. The third-order valence-corrected chi connectivity index (χ3v) is 3.95. The fourth-order valence-corrected chi connectivity index (χ4v) is 2.62. The average Bonchev–Trinajstić information content (AvgIpc) is 2.39. The molecule has 2 unspecified atom stereocenters. The van der Waals surface area contributed by atoms with Crippen LogP contribution in [0.4, 0.5) is 0 Å².